The molecule has 0 saturated carbocycles. The van der Waals surface area contributed by atoms with Gasteiger partial charge in [0.05, 0.1) is 27.4 Å². The first-order valence-electron chi connectivity index (χ1n) is 10.3. The molecule has 0 fully saturated rings. The van der Waals surface area contributed by atoms with Gasteiger partial charge in [0.1, 0.15) is 0 Å². The highest BCUT2D eigenvalue weighted by Crippen LogP contribution is 2.26. The van der Waals surface area contributed by atoms with Crippen molar-refractivity contribution in [3.63, 3.8) is 0 Å². The third-order valence-corrected chi connectivity index (χ3v) is 7.49. The molecule has 0 radical (unpaired) electrons. The number of thioether (sulfide) groups is 1. The van der Waals surface area contributed by atoms with Crippen LogP contribution in [-0.2, 0) is 11.3 Å². The van der Waals surface area contributed by atoms with Crippen molar-refractivity contribution in [1.82, 2.24) is 25.1 Å². The fourth-order valence-electron chi connectivity index (χ4n) is 3.21. The van der Waals surface area contributed by atoms with Crippen molar-refractivity contribution in [2.75, 3.05) is 11.1 Å². The first-order chi connectivity index (χ1) is 16.7. The van der Waals surface area contributed by atoms with Gasteiger partial charge in [0.25, 0.3) is 5.91 Å². The molecule has 0 spiro atoms. The molecular weight excluding hydrogens is 488 g/mol. The Hall–Kier alpha value is -3.54. The minimum absolute atomic E-state index is 0.141. The minimum atomic E-state index is -0.181. The topological polar surface area (TPSA) is 102 Å². The molecule has 0 saturated heterocycles. The van der Waals surface area contributed by atoms with Crippen LogP contribution >= 0.6 is 34.4 Å². The Kier molecular flexibility index (Phi) is 6.65. The molecule has 0 aliphatic heterocycles. The van der Waals surface area contributed by atoms with Gasteiger partial charge in [-0.25, -0.2) is 4.98 Å². The van der Waals surface area contributed by atoms with Crippen molar-refractivity contribution in [3.8, 4) is 5.69 Å². The Bertz CT molecular complexity index is 1400. The quantitative estimate of drug-likeness (QED) is 0.298. The van der Waals surface area contributed by atoms with Crippen LogP contribution in [0.1, 0.15) is 15.5 Å². The average molecular weight is 507 g/mol. The highest BCUT2D eigenvalue weighted by molar-refractivity contribution is 7.99. The maximum absolute atomic E-state index is 12.6. The minimum Gasteiger partial charge on any atom is -0.344 e. The molecule has 5 aromatic rings. The van der Waals surface area contributed by atoms with Gasteiger partial charge in [0.2, 0.25) is 5.91 Å². The number of thiophene rings is 1. The van der Waals surface area contributed by atoms with Gasteiger partial charge in [-0.2, -0.15) is 0 Å². The lowest BCUT2D eigenvalue weighted by atomic mass is 10.3. The normalized spacial score (nSPS) is 10.9. The number of benzene rings is 2. The summed E-state index contributed by atoms with van der Waals surface area (Å²) in [5, 5.41) is 17.3. The van der Waals surface area contributed by atoms with E-state index in [0.717, 1.165) is 15.9 Å². The van der Waals surface area contributed by atoms with Crippen LogP contribution in [0.3, 0.4) is 0 Å². The third-order valence-electron chi connectivity index (χ3n) is 4.74. The molecule has 5 rings (SSSR count). The van der Waals surface area contributed by atoms with Crippen LogP contribution in [0.15, 0.2) is 77.3 Å². The number of para-hydroxylation sites is 2. The highest BCUT2D eigenvalue weighted by atomic mass is 32.2. The first kappa shape index (κ1) is 22.3. The lowest BCUT2D eigenvalue weighted by Crippen LogP contribution is -2.24. The summed E-state index contributed by atoms with van der Waals surface area (Å²) >= 11 is 4.08. The molecule has 3 aromatic heterocycles. The van der Waals surface area contributed by atoms with E-state index >= 15 is 0 Å². The predicted octanol–water partition coefficient (Wildman–Crippen LogP) is 4.60. The van der Waals surface area contributed by atoms with E-state index in [0.29, 0.717) is 21.0 Å². The Labute approximate surface area is 207 Å². The van der Waals surface area contributed by atoms with E-state index in [9.17, 15) is 9.59 Å². The predicted molar refractivity (Wildman–Crippen MR) is 136 cm³/mol. The zero-order valence-electron chi connectivity index (χ0n) is 17.7. The molecule has 0 unspecified atom stereocenters. The smallest absolute Gasteiger partial charge is 0.261 e. The van der Waals surface area contributed by atoms with Crippen LogP contribution in [0.2, 0.25) is 0 Å². The second kappa shape index (κ2) is 10.2. The van der Waals surface area contributed by atoms with Gasteiger partial charge < -0.3 is 10.6 Å². The Morgan fingerprint density at radius 3 is 2.59 bits per heavy atom. The Balaban J connectivity index is 1.29. The molecule has 34 heavy (non-hydrogen) atoms. The number of thiazole rings is 1. The van der Waals surface area contributed by atoms with Gasteiger partial charge in [-0.05, 0) is 35.7 Å². The summed E-state index contributed by atoms with van der Waals surface area (Å²) in [6.07, 6.45) is 0. The van der Waals surface area contributed by atoms with Gasteiger partial charge in [0, 0.05) is 5.69 Å². The SMILES string of the molecule is O=C(CSc1nnc(CNC(=O)c2cccs2)n1-c1ccccc1)Nc1nc2ccccc2s1. The standard InChI is InChI=1S/C23H18N6O2S3/c30-20(26-22-25-16-9-4-5-10-17(16)34-22)14-33-23-28-27-19(29(23)15-7-2-1-3-8-15)13-24-21(31)18-11-6-12-32-18/h1-12H,13-14H2,(H,24,31)(H,25,26,30). The summed E-state index contributed by atoms with van der Waals surface area (Å²) in [4.78, 5) is 30.0. The van der Waals surface area contributed by atoms with Crippen LogP contribution in [0.25, 0.3) is 15.9 Å². The molecular formula is C23H18N6O2S3. The molecule has 2 aromatic carbocycles. The highest BCUT2D eigenvalue weighted by Gasteiger charge is 2.17. The van der Waals surface area contributed by atoms with Gasteiger partial charge in [-0.15, -0.1) is 21.5 Å². The van der Waals surface area contributed by atoms with Crippen molar-refractivity contribution < 1.29 is 9.59 Å². The number of fused-ring (bicyclic) bond motifs is 1. The maximum atomic E-state index is 12.6. The number of aromatic nitrogens is 4. The van der Waals surface area contributed by atoms with Crippen molar-refractivity contribution in [2.24, 2.45) is 0 Å². The second-order valence-electron chi connectivity index (χ2n) is 7.05. The number of anilines is 1. The van der Waals surface area contributed by atoms with Crippen LogP contribution in [0.4, 0.5) is 5.13 Å². The second-order valence-corrected chi connectivity index (χ2v) is 9.97. The van der Waals surface area contributed by atoms with Crippen molar-refractivity contribution in [1.29, 1.82) is 0 Å². The molecule has 3 heterocycles. The van der Waals surface area contributed by atoms with E-state index in [1.165, 1.54) is 34.4 Å². The Morgan fingerprint density at radius 1 is 0.971 bits per heavy atom. The summed E-state index contributed by atoms with van der Waals surface area (Å²) in [5.74, 6) is 0.369. The average Bonchev–Trinajstić information content (AvgIpc) is 3.61. The summed E-state index contributed by atoms with van der Waals surface area (Å²) < 4.78 is 2.87. The van der Waals surface area contributed by atoms with E-state index in [1.807, 2.05) is 70.6 Å². The van der Waals surface area contributed by atoms with Crippen molar-refractivity contribution in [3.05, 3.63) is 82.8 Å². The number of nitrogens with one attached hydrogen (secondary N) is 2. The van der Waals surface area contributed by atoms with E-state index < -0.39 is 0 Å². The van der Waals surface area contributed by atoms with Gasteiger partial charge >= 0.3 is 0 Å². The zero-order chi connectivity index (χ0) is 23.3. The number of amides is 2. The van der Waals surface area contributed by atoms with Crippen molar-refractivity contribution >= 4 is 61.6 Å². The van der Waals surface area contributed by atoms with E-state index in [2.05, 4.69) is 25.8 Å². The summed E-state index contributed by atoms with van der Waals surface area (Å²) in [6.45, 7) is 0.205. The van der Waals surface area contributed by atoms with Crippen LogP contribution in [0.5, 0.6) is 0 Å². The van der Waals surface area contributed by atoms with Crippen molar-refractivity contribution in [2.45, 2.75) is 11.7 Å². The monoisotopic (exact) mass is 506 g/mol. The summed E-state index contributed by atoms with van der Waals surface area (Å²) in [6, 6.07) is 21.0. The fourth-order valence-corrected chi connectivity index (χ4v) is 5.50. The van der Waals surface area contributed by atoms with E-state index in [-0.39, 0.29) is 24.1 Å². The number of hydrogen-bond acceptors (Lipinski definition) is 8. The molecule has 2 N–H and O–H groups in total. The fraction of sp³-hybridized carbons (Fsp3) is 0.0870. The number of hydrogen-bond donors (Lipinski definition) is 2. The zero-order valence-corrected chi connectivity index (χ0v) is 20.1. The number of nitrogens with zero attached hydrogens (tertiary/aromatic N) is 4. The third kappa shape index (κ3) is 5.01. The molecule has 2 amide bonds. The lowest BCUT2D eigenvalue weighted by molar-refractivity contribution is -0.113. The van der Waals surface area contributed by atoms with Gasteiger partial charge in [-0.1, -0.05) is 59.5 Å². The largest absolute Gasteiger partial charge is 0.344 e. The van der Waals surface area contributed by atoms with Crippen LogP contribution in [-0.4, -0.2) is 37.3 Å². The molecule has 0 bridgehead atoms. The number of carbonyl (C=O) groups is 2. The number of rotatable bonds is 8. The lowest BCUT2D eigenvalue weighted by Gasteiger charge is -2.10. The number of carbonyl (C=O) groups excluding carboxylic acids is 2. The molecule has 8 nitrogen and oxygen atoms in total. The molecule has 11 heteroatoms. The summed E-state index contributed by atoms with van der Waals surface area (Å²) in [7, 11) is 0. The molecule has 0 atom stereocenters. The van der Waals surface area contributed by atoms with E-state index in [4.69, 9.17) is 0 Å². The van der Waals surface area contributed by atoms with Gasteiger partial charge in [-0.3, -0.25) is 14.2 Å². The van der Waals surface area contributed by atoms with E-state index in [1.54, 1.807) is 6.07 Å². The Morgan fingerprint density at radius 2 is 1.79 bits per heavy atom. The van der Waals surface area contributed by atoms with Crippen LogP contribution in [0, 0.1) is 0 Å². The first-order valence-corrected chi connectivity index (χ1v) is 13.0. The summed E-state index contributed by atoms with van der Waals surface area (Å²) in [5.41, 5.74) is 1.70. The van der Waals surface area contributed by atoms with Crippen LogP contribution < -0.4 is 10.6 Å². The molecule has 170 valence electrons. The maximum Gasteiger partial charge on any atom is 0.261 e. The van der Waals surface area contributed by atoms with Gasteiger partial charge in [0.15, 0.2) is 16.1 Å². The molecule has 0 aliphatic carbocycles. The molecule has 0 aliphatic rings.